The van der Waals surface area contributed by atoms with Crippen molar-refractivity contribution in [1.29, 1.82) is 0 Å². The Morgan fingerprint density at radius 2 is 1.93 bits per heavy atom. The number of ether oxygens (including phenoxy) is 2. The van der Waals surface area contributed by atoms with Gasteiger partial charge in [0.2, 0.25) is 0 Å². The quantitative estimate of drug-likeness (QED) is 0.544. The van der Waals surface area contributed by atoms with Crippen molar-refractivity contribution in [2.45, 2.75) is 25.4 Å². The zero-order valence-electron chi connectivity index (χ0n) is 16.1. The highest BCUT2D eigenvalue weighted by Gasteiger charge is 2.19. The minimum Gasteiger partial charge on any atom is -0.467 e. The van der Waals surface area contributed by atoms with Crippen LogP contribution in [0.25, 0.3) is 0 Å². The van der Waals surface area contributed by atoms with E-state index in [2.05, 4.69) is 34.5 Å². The van der Waals surface area contributed by atoms with Gasteiger partial charge in [0.15, 0.2) is 6.10 Å². The Labute approximate surface area is 161 Å². The van der Waals surface area contributed by atoms with Gasteiger partial charge >= 0.3 is 5.97 Å². The normalized spacial score (nSPS) is 13.9. The molecule has 144 valence electrons. The number of benzene rings is 2. The number of anilines is 2. The number of methoxy groups -OCH3 is 2. The number of rotatable bonds is 9. The second-order valence-electron chi connectivity index (χ2n) is 6.79. The number of esters is 1. The SMILES string of the molecule is COC(=O)[C@H](Cc1ccc(NCCCN2CCc3ccccc32)cc1)OC. The van der Waals surface area contributed by atoms with Gasteiger partial charge in [-0.05, 0) is 42.2 Å². The molecule has 0 aliphatic carbocycles. The van der Waals surface area contributed by atoms with Crippen LogP contribution >= 0.6 is 0 Å². The maximum absolute atomic E-state index is 11.6. The Hall–Kier alpha value is -2.53. The second kappa shape index (κ2) is 9.42. The topological polar surface area (TPSA) is 50.8 Å². The number of carbonyl (C=O) groups is 1. The van der Waals surface area contributed by atoms with Crippen molar-refractivity contribution in [2.24, 2.45) is 0 Å². The van der Waals surface area contributed by atoms with Crippen LogP contribution in [-0.2, 0) is 27.1 Å². The fourth-order valence-corrected chi connectivity index (χ4v) is 3.51. The maximum Gasteiger partial charge on any atom is 0.335 e. The largest absolute Gasteiger partial charge is 0.467 e. The van der Waals surface area contributed by atoms with Crippen LogP contribution in [0.4, 0.5) is 11.4 Å². The summed E-state index contributed by atoms with van der Waals surface area (Å²) in [6.07, 6.45) is 2.19. The van der Waals surface area contributed by atoms with E-state index in [9.17, 15) is 4.79 Å². The molecule has 0 saturated carbocycles. The molecule has 0 fully saturated rings. The van der Waals surface area contributed by atoms with Crippen LogP contribution in [-0.4, -0.2) is 45.9 Å². The lowest BCUT2D eigenvalue weighted by Gasteiger charge is -2.19. The lowest BCUT2D eigenvalue weighted by molar-refractivity contribution is -0.152. The molecule has 1 N–H and O–H groups in total. The molecule has 0 bridgehead atoms. The number of carbonyl (C=O) groups excluding carboxylic acids is 1. The first-order valence-corrected chi connectivity index (χ1v) is 9.47. The van der Waals surface area contributed by atoms with E-state index in [4.69, 9.17) is 9.47 Å². The van der Waals surface area contributed by atoms with Crippen LogP contribution in [0.15, 0.2) is 48.5 Å². The van der Waals surface area contributed by atoms with E-state index in [1.165, 1.54) is 25.5 Å². The van der Waals surface area contributed by atoms with Crippen LogP contribution in [0.2, 0.25) is 0 Å². The van der Waals surface area contributed by atoms with Crippen LogP contribution in [0.1, 0.15) is 17.5 Å². The van der Waals surface area contributed by atoms with E-state index in [1.807, 2.05) is 24.3 Å². The van der Waals surface area contributed by atoms with Crippen molar-refractivity contribution in [2.75, 3.05) is 44.1 Å². The van der Waals surface area contributed by atoms with Crippen molar-refractivity contribution in [1.82, 2.24) is 0 Å². The monoisotopic (exact) mass is 368 g/mol. The Morgan fingerprint density at radius 1 is 1.15 bits per heavy atom. The predicted octanol–water partition coefficient (Wildman–Crippen LogP) is 3.28. The average Bonchev–Trinajstić information content (AvgIpc) is 3.13. The van der Waals surface area contributed by atoms with Crippen molar-refractivity contribution in [3.05, 3.63) is 59.7 Å². The summed E-state index contributed by atoms with van der Waals surface area (Å²) in [7, 11) is 2.90. The predicted molar refractivity (Wildman–Crippen MR) is 108 cm³/mol. The summed E-state index contributed by atoms with van der Waals surface area (Å²) in [5.74, 6) is -0.344. The highest BCUT2D eigenvalue weighted by atomic mass is 16.6. The zero-order valence-corrected chi connectivity index (χ0v) is 16.1. The second-order valence-corrected chi connectivity index (χ2v) is 6.79. The van der Waals surface area contributed by atoms with Gasteiger partial charge in [-0.15, -0.1) is 0 Å². The summed E-state index contributed by atoms with van der Waals surface area (Å²) >= 11 is 0. The maximum atomic E-state index is 11.6. The number of nitrogens with zero attached hydrogens (tertiary/aromatic N) is 1. The summed E-state index contributed by atoms with van der Waals surface area (Å²) in [5, 5.41) is 3.47. The van der Waals surface area contributed by atoms with Gasteiger partial charge in [-0.25, -0.2) is 4.79 Å². The molecular weight excluding hydrogens is 340 g/mol. The molecule has 0 amide bonds. The number of hydrogen-bond donors (Lipinski definition) is 1. The molecule has 0 radical (unpaired) electrons. The van der Waals surface area contributed by atoms with Crippen LogP contribution in [0.5, 0.6) is 0 Å². The summed E-state index contributed by atoms with van der Waals surface area (Å²) in [6.45, 7) is 3.12. The molecule has 0 spiro atoms. The first-order valence-electron chi connectivity index (χ1n) is 9.47. The number of hydrogen-bond acceptors (Lipinski definition) is 5. The smallest absolute Gasteiger partial charge is 0.335 e. The van der Waals surface area contributed by atoms with Gasteiger partial charge in [-0.3, -0.25) is 0 Å². The molecule has 2 aromatic carbocycles. The molecule has 0 unspecified atom stereocenters. The third-order valence-corrected chi connectivity index (χ3v) is 5.04. The number of fused-ring (bicyclic) bond motifs is 1. The average molecular weight is 368 g/mol. The Bertz CT molecular complexity index is 745. The van der Waals surface area contributed by atoms with E-state index >= 15 is 0 Å². The van der Waals surface area contributed by atoms with E-state index in [0.717, 1.165) is 43.7 Å². The van der Waals surface area contributed by atoms with Crippen molar-refractivity contribution >= 4 is 17.3 Å². The molecule has 1 aliphatic rings. The van der Waals surface area contributed by atoms with Gasteiger partial charge in [0.1, 0.15) is 0 Å². The van der Waals surface area contributed by atoms with Crippen molar-refractivity contribution < 1.29 is 14.3 Å². The molecule has 27 heavy (non-hydrogen) atoms. The first kappa shape index (κ1) is 19.2. The van der Waals surface area contributed by atoms with E-state index in [1.54, 1.807) is 0 Å². The fourth-order valence-electron chi connectivity index (χ4n) is 3.51. The molecule has 3 rings (SSSR count). The molecule has 5 heteroatoms. The fraction of sp³-hybridized carbons (Fsp3) is 0.409. The van der Waals surface area contributed by atoms with Crippen LogP contribution in [0.3, 0.4) is 0 Å². The number of para-hydroxylation sites is 1. The lowest BCUT2D eigenvalue weighted by Crippen LogP contribution is -2.26. The summed E-state index contributed by atoms with van der Waals surface area (Å²) in [5.41, 5.74) is 4.99. The number of nitrogens with one attached hydrogen (secondary N) is 1. The van der Waals surface area contributed by atoms with E-state index in [-0.39, 0.29) is 5.97 Å². The summed E-state index contributed by atoms with van der Waals surface area (Å²) < 4.78 is 9.94. The zero-order chi connectivity index (χ0) is 19.1. The lowest BCUT2D eigenvalue weighted by atomic mass is 10.1. The molecule has 1 aliphatic heterocycles. The first-order chi connectivity index (χ1) is 13.2. The van der Waals surface area contributed by atoms with Gasteiger partial charge in [0, 0.05) is 44.5 Å². The molecule has 1 atom stereocenters. The van der Waals surface area contributed by atoms with Crippen molar-refractivity contribution in [3.63, 3.8) is 0 Å². The molecule has 0 aromatic heterocycles. The van der Waals surface area contributed by atoms with E-state index < -0.39 is 6.10 Å². The van der Waals surface area contributed by atoms with Gasteiger partial charge in [-0.2, -0.15) is 0 Å². The third kappa shape index (κ3) is 5.01. The standard InChI is InChI=1S/C22H28N2O3/c1-26-21(22(25)27-2)16-17-8-10-19(11-9-17)23-13-5-14-24-15-12-18-6-3-4-7-20(18)24/h3-4,6-11,21,23H,5,12-16H2,1-2H3/t21-/m0/s1. The Balaban J connectivity index is 1.42. The van der Waals surface area contributed by atoms with Crippen molar-refractivity contribution in [3.8, 4) is 0 Å². The Kier molecular flexibility index (Phi) is 6.71. The highest BCUT2D eigenvalue weighted by molar-refractivity contribution is 5.75. The van der Waals surface area contributed by atoms with Gasteiger partial charge in [-0.1, -0.05) is 30.3 Å². The minimum atomic E-state index is -0.558. The van der Waals surface area contributed by atoms with Gasteiger partial charge < -0.3 is 19.7 Å². The molecule has 2 aromatic rings. The van der Waals surface area contributed by atoms with Gasteiger partial charge in [0.05, 0.1) is 7.11 Å². The van der Waals surface area contributed by atoms with Crippen LogP contribution < -0.4 is 10.2 Å². The van der Waals surface area contributed by atoms with E-state index in [0.29, 0.717) is 6.42 Å². The molecular formula is C22H28N2O3. The van der Waals surface area contributed by atoms with Crippen LogP contribution in [0, 0.1) is 0 Å². The summed E-state index contributed by atoms with van der Waals surface area (Å²) in [6, 6.07) is 16.8. The minimum absolute atomic E-state index is 0.344. The summed E-state index contributed by atoms with van der Waals surface area (Å²) in [4.78, 5) is 14.1. The molecule has 5 nitrogen and oxygen atoms in total. The Morgan fingerprint density at radius 3 is 2.67 bits per heavy atom. The van der Waals surface area contributed by atoms with Gasteiger partial charge in [0.25, 0.3) is 0 Å². The third-order valence-electron chi connectivity index (χ3n) is 5.04. The molecule has 0 saturated heterocycles. The molecule has 1 heterocycles. The highest BCUT2D eigenvalue weighted by Crippen LogP contribution is 2.27.